The van der Waals surface area contributed by atoms with E-state index < -0.39 is 0 Å². The third-order valence-electron chi connectivity index (χ3n) is 0.619. The fourth-order valence-electron chi connectivity index (χ4n) is 0.328. The van der Waals surface area contributed by atoms with Gasteiger partial charge < -0.3 is 0 Å². The summed E-state index contributed by atoms with van der Waals surface area (Å²) in [7, 11) is 0. The molecular formula is C6H3Br. The molecule has 0 N–H and O–H groups in total. The zero-order valence-electron chi connectivity index (χ0n) is 3.61. The Labute approximate surface area is 50.7 Å². The van der Waals surface area contributed by atoms with E-state index in [1.807, 2.05) is 18.2 Å². The van der Waals surface area contributed by atoms with E-state index in [4.69, 9.17) is 0 Å². The molecule has 0 bridgehead atoms. The van der Waals surface area contributed by atoms with Gasteiger partial charge in [-0.3, -0.25) is 0 Å². The summed E-state index contributed by atoms with van der Waals surface area (Å²) in [5.74, 6) is 0. The Bertz CT molecular complexity index is 186. The van der Waals surface area contributed by atoms with Crippen molar-refractivity contribution >= 4 is 15.9 Å². The molecule has 0 amide bonds. The van der Waals surface area contributed by atoms with Crippen molar-refractivity contribution in [2.24, 2.45) is 0 Å². The van der Waals surface area contributed by atoms with E-state index in [-0.39, 0.29) is 0 Å². The molecule has 0 fully saturated rings. The van der Waals surface area contributed by atoms with Gasteiger partial charge in [-0.15, -0.1) is 0 Å². The van der Waals surface area contributed by atoms with Crippen molar-refractivity contribution in [1.82, 2.24) is 0 Å². The number of rotatable bonds is 0. The van der Waals surface area contributed by atoms with Crippen LogP contribution in [-0.2, 0) is 0 Å². The van der Waals surface area contributed by atoms with Crippen molar-refractivity contribution in [3.05, 3.63) is 34.2 Å². The van der Waals surface area contributed by atoms with Crippen LogP contribution in [0.25, 0.3) is 0 Å². The molecule has 0 aromatic heterocycles. The summed E-state index contributed by atoms with van der Waals surface area (Å²) < 4.78 is 1.05. The Hall–Kier alpha value is -0.480. The van der Waals surface area contributed by atoms with Gasteiger partial charge >= 0.3 is 0 Å². The third-order valence-corrected chi connectivity index (χ3v) is 1.11. The Morgan fingerprint density at radius 1 is 1.43 bits per heavy atom. The van der Waals surface area contributed by atoms with Gasteiger partial charge in [0.25, 0.3) is 0 Å². The van der Waals surface area contributed by atoms with Crippen LogP contribution in [0, 0.1) is 0 Å². The van der Waals surface area contributed by atoms with Gasteiger partial charge in [0, 0.05) is 10.6 Å². The summed E-state index contributed by atoms with van der Waals surface area (Å²) in [6, 6.07) is 0. The van der Waals surface area contributed by atoms with E-state index in [1.54, 1.807) is 0 Å². The molecule has 1 aliphatic rings. The summed E-state index contributed by atoms with van der Waals surface area (Å²) in [5, 5.41) is 0. The van der Waals surface area contributed by atoms with Gasteiger partial charge in [0.2, 0.25) is 0 Å². The molecule has 0 unspecified atom stereocenters. The van der Waals surface area contributed by atoms with Crippen LogP contribution in [0.4, 0.5) is 0 Å². The lowest BCUT2D eigenvalue weighted by Crippen LogP contribution is -1.58. The Morgan fingerprint density at radius 2 is 2.29 bits per heavy atom. The maximum atomic E-state index is 3.26. The maximum absolute atomic E-state index is 3.26. The van der Waals surface area contributed by atoms with Crippen LogP contribution >= 0.6 is 15.9 Å². The molecule has 0 heterocycles. The van der Waals surface area contributed by atoms with E-state index in [2.05, 4.69) is 27.4 Å². The highest BCUT2D eigenvalue weighted by Gasteiger charge is 1.78. The minimum absolute atomic E-state index is 1.05. The van der Waals surface area contributed by atoms with Gasteiger partial charge in [0.05, 0.1) is 0 Å². The molecule has 1 aliphatic carbocycles. The molecular weight excluding hydrogens is 152 g/mol. The highest BCUT2D eigenvalue weighted by atomic mass is 79.9. The van der Waals surface area contributed by atoms with E-state index >= 15 is 0 Å². The molecule has 0 aromatic rings. The van der Waals surface area contributed by atoms with E-state index in [9.17, 15) is 0 Å². The standard InChI is InChI=1S/C6H3Br/c7-6-4-2-1-3-5-6/h2,4-5H. The second-order valence-corrected chi connectivity index (χ2v) is 2.07. The molecule has 0 radical (unpaired) electrons. The van der Waals surface area contributed by atoms with Gasteiger partial charge in [0.15, 0.2) is 0 Å². The Morgan fingerprint density at radius 3 is 2.57 bits per heavy atom. The van der Waals surface area contributed by atoms with Gasteiger partial charge in [-0.2, -0.15) is 0 Å². The number of halogens is 1. The molecule has 0 atom stereocenters. The molecule has 0 spiro atoms. The predicted octanol–water partition coefficient (Wildman–Crippen LogP) is 2.15. The Kier molecular flexibility index (Phi) is 1.33. The van der Waals surface area contributed by atoms with Crippen LogP contribution < -0.4 is 0 Å². The molecule has 1 heteroatoms. The van der Waals surface area contributed by atoms with Crippen molar-refractivity contribution in [2.75, 3.05) is 0 Å². The van der Waals surface area contributed by atoms with Crippen molar-refractivity contribution in [1.29, 1.82) is 0 Å². The minimum Gasteiger partial charge on any atom is -0.0702 e. The molecule has 0 saturated heterocycles. The van der Waals surface area contributed by atoms with Crippen LogP contribution in [0.5, 0.6) is 0 Å². The maximum Gasteiger partial charge on any atom is 0.0265 e. The normalized spacial score (nSPS) is 14.7. The van der Waals surface area contributed by atoms with Gasteiger partial charge in [0.1, 0.15) is 0 Å². The van der Waals surface area contributed by atoms with Crippen molar-refractivity contribution in [3.8, 4) is 0 Å². The third kappa shape index (κ3) is 1.21. The van der Waals surface area contributed by atoms with E-state index in [1.165, 1.54) is 0 Å². The number of hydrogen-bond acceptors (Lipinski definition) is 0. The summed E-state index contributed by atoms with van der Waals surface area (Å²) in [6.45, 7) is 0. The first-order chi connectivity index (χ1) is 3.39. The lowest BCUT2D eigenvalue weighted by Gasteiger charge is -1.80. The average molecular weight is 155 g/mol. The molecule has 0 aromatic carbocycles. The van der Waals surface area contributed by atoms with Crippen molar-refractivity contribution in [3.63, 3.8) is 0 Å². The molecule has 1 rings (SSSR count). The van der Waals surface area contributed by atoms with Gasteiger partial charge in [-0.05, 0) is 12.2 Å². The number of hydrogen-bond donors (Lipinski definition) is 0. The Balaban J connectivity index is 3.02. The van der Waals surface area contributed by atoms with Crippen LogP contribution in [0.3, 0.4) is 0 Å². The molecule has 7 heavy (non-hydrogen) atoms. The lowest BCUT2D eigenvalue weighted by molar-refractivity contribution is 1.85. The zero-order valence-corrected chi connectivity index (χ0v) is 5.20. The summed E-state index contributed by atoms with van der Waals surface area (Å²) in [4.78, 5) is 0. The fourth-order valence-corrected chi connectivity index (χ4v) is 0.575. The van der Waals surface area contributed by atoms with Crippen molar-refractivity contribution in [2.45, 2.75) is 0 Å². The van der Waals surface area contributed by atoms with Crippen LogP contribution in [0.2, 0.25) is 0 Å². The summed E-state index contributed by atoms with van der Waals surface area (Å²) in [6.07, 6.45) is 5.54. The summed E-state index contributed by atoms with van der Waals surface area (Å²) in [5.41, 5.74) is 5.57. The zero-order chi connectivity index (χ0) is 5.11. The highest BCUT2D eigenvalue weighted by molar-refractivity contribution is 9.11. The average Bonchev–Trinajstić information content (AvgIpc) is 1.69. The number of allylic oxidation sites excluding steroid dienone is 4. The first-order valence-electron chi connectivity index (χ1n) is 1.93. The largest absolute Gasteiger partial charge is 0.0702 e. The second kappa shape index (κ2) is 1.99. The summed E-state index contributed by atoms with van der Waals surface area (Å²) >= 11 is 3.26. The molecule has 0 nitrogen and oxygen atoms in total. The second-order valence-electron chi connectivity index (χ2n) is 1.15. The smallest absolute Gasteiger partial charge is 0.0265 e. The highest BCUT2D eigenvalue weighted by Crippen LogP contribution is 2.06. The first-order valence-corrected chi connectivity index (χ1v) is 2.72. The topological polar surface area (TPSA) is 0 Å². The van der Waals surface area contributed by atoms with Crippen LogP contribution in [0.1, 0.15) is 0 Å². The minimum atomic E-state index is 1.05. The van der Waals surface area contributed by atoms with E-state index in [0.717, 1.165) is 4.48 Å². The fraction of sp³-hybridized carbons (Fsp3) is 0. The van der Waals surface area contributed by atoms with Gasteiger partial charge in [-0.25, -0.2) is 0 Å². The van der Waals surface area contributed by atoms with Gasteiger partial charge in [-0.1, -0.05) is 27.4 Å². The first kappa shape index (κ1) is 4.67. The van der Waals surface area contributed by atoms with Crippen LogP contribution in [-0.4, -0.2) is 0 Å². The molecule has 0 aliphatic heterocycles. The van der Waals surface area contributed by atoms with Crippen LogP contribution in [0.15, 0.2) is 34.2 Å². The monoisotopic (exact) mass is 154 g/mol. The molecule has 34 valence electrons. The molecule has 0 saturated carbocycles. The lowest BCUT2D eigenvalue weighted by atomic mass is 10.4. The van der Waals surface area contributed by atoms with E-state index in [0.29, 0.717) is 0 Å². The predicted molar refractivity (Wildman–Crippen MR) is 33.2 cm³/mol. The SMILES string of the molecule is BrC1=CC=C=C=C1. The quantitative estimate of drug-likeness (QED) is 0.470. The van der Waals surface area contributed by atoms with Crippen molar-refractivity contribution < 1.29 is 0 Å².